The minimum atomic E-state index is -0.249. The summed E-state index contributed by atoms with van der Waals surface area (Å²) >= 11 is 6.35. The van der Waals surface area contributed by atoms with E-state index in [0.29, 0.717) is 23.0 Å². The predicted octanol–water partition coefficient (Wildman–Crippen LogP) is 2.72. The highest BCUT2D eigenvalue weighted by atomic mass is 35.5. The van der Waals surface area contributed by atoms with E-state index in [0.717, 1.165) is 36.9 Å². The number of aromatic hydroxyl groups is 2. The van der Waals surface area contributed by atoms with E-state index in [-0.39, 0.29) is 33.9 Å². The minimum absolute atomic E-state index is 0.0167. The zero-order valence-corrected chi connectivity index (χ0v) is 19.6. The van der Waals surface area contributed by atoms with Gasteiger partial charge in [0.25, 0.3) is 0 Å². The molecule has 0 saturated carbocycles. The second-order valence-electron chi connectivity index (χ2n) is 9.38. The summed E-state index contributed by atoms with van der Waals surface area (Å²) in [6, 6.07) is 5.97. The van der Waals surface area contributed by atoms with Crippen LogP contribution in [0, 0.1) is 6.92 Å². The molecule has 4 N–H and O–H groups in total. The quantitative estimate of drug-likeness (QED) is 0.584. The zero-order chi connectivity index (χ0) is 23.1. The van der Waals surface area contributed by atoms with Crippen LogP contribution in [-0.4, -0.2) is 56.5 Å². The van der Waals surface area contributed by atoms with Crippen molar-refractivity contribution in [1.29, 1.82) is 0 Å². The molecule has 0 unspecified atom stereocenters. The van der Waals surface area contributed by atoms with Gasteiger partial charge < -0.3 is 15.9 Å². The first kappa shape index (κ1) is 24.0. The Kier molecular flexibility index (Phi) is 7.05. The van der Waals surface area contributed by atoms with E-state index < -0.39 is 0 Å². The first-order valence-electron chi connectivity index (χ1n) is 10.8. The van der Waals surface area contributed by atoms with E-state index in [2.05, 4.69) is 25.8 Å². The first-order chi connectivity index (χ1) is 14.5. The minimum Gasteiger partial charge on any atom is -0.509 e. The summed E-state index contributed by atoms with van der Waals surface area (Å²) in [5.41, 5.74) is 9.64. The second kappa shape index (κ2) is 9.09. The smallest absolute Gasteiger partial charge is 0.124 e. The van der Waals surface area contributed by atoms with Crippen molar-refractivity contribution in [2.75, 3.05) is 20.1 Å². The molecule has 2 aromatic rings. The Balaban J connectivity index is 1.97. The molecule has 0 heterocycles. The fourth-order valence-electron chi connectivity index (χ4n) is 4.88. The Morgan fingerprint density at radius 3 is 2.48 bits per heavy atom. The van der Waals surface area contributed by atoms with Crippen LogP contribution in [0.15, 0.2) is 18.2 Å². The number of hydrogen-bond donors (Lipinski definition) is 3. The zero-order valence-electron chi connectivity index (χ0n) is 18.9. The van der Waals surface area contributed by atoms with Crippen LogP contribution in [-0.2, 0) is 0 Å². The molecule has 4 nitrogen and oxygen atoms in total. The molecule has 162 valence electrons. The van der Waals surface area contributed by atoms with Crippen LogP contribution in [0.25, 0.3) is 0 Å². The van der Waals surface area contributed by atoms with Crippen LogP contribution in [0.2, 0.25) is 5.02 Å². The standard InChI is InChI=1S/C24H31B2ClN2O2/c1-13-19(20(25)23(31)21(26)22(13)30)18-11-14(17-12-15(27)5-6-16(17)18)7-8-24(2,3)29(4)10-9-28/h5-6,12,14,18,30-31H,7-11,28H2,1-4H3/t14-,18-/m1/s1. The molecule has 0 bridgehead atoms. The summed E-state index contributed by atoms with van der Waals surface area (Å²) in [6.07, 6.45) is 2.82. The van der Waals surface area contributed by atoms with Crippen LogP contribution in [0.5, 0.6) is 11.5 Å². The molecule has 2 aromatic carbocycles. The van der Waals surface area contributed by atoms with Gasteiger partial charge in [0, 0.05) is 29.6 Å². The summed E-state index contributed by atoms with van der Waals surface area (Å²) in [6.45, 7) is 7.76. The van der Waals surface area contributed by atoms with Crippen molar-refractivity contribution < 1.29 is 10.2 Å². The van der Waals surface area contributed by atoms with Crippen LogP contribution < -0.4 is 16.7 Å². The van der Waals surface area contributed by atoms with E-state index in [1.807, 2.05) is 18.2 Å². The van der Waals surface area contributed by atoms with Gasteiger partial charge in [0.15, 0.2) is 0 Å². The fraction of sp³-hybridized carbons (Fsp3) is 0.500. The highest BCUT2D eigenvalue weighted by Gasteiger charge is 2.36. The lowest BCUT2D eigenvalue weighted by atomic mass is 9.74. The lowest BCUT2D eigenvalue weighted by Crippen LogP contribution is -2.43. The van der Waals surface area contributed by atoms with Gasteiger partial charge in [-0.3, -0.25) is 4.90 Å². The van der Waals surface area contributed by atoms with E-state index >= 15 is 0 Å². The number of likely N-dealkylation sites (N-methyl/N-ethyl adjacent to an activating group) is 1. The van der Waals surface area contributed by atoms with E-state index in [4.69, 9.17) is 33.0 Å². The molecule has 0 spiro atoms. The number of rotatable bonds is 7. The van der Waals surface area contributed by atoms with Gasteiger partial charge in [-0.2, -0.15) is 0 Å². The molecule has 1 aliphatic carbocycles. The Morgan fingerprint density at radius 2 is 1.84 bits per heavy atom. The van der Waals surface area contributed by atoms with Crippen molar-refractivity contribution in [1.82, 2.24) is 4.90 Å². The fourth-order valence-corrected chi connectivity index (χ4v) is 5.06. The topological polar surface area (TPSA) is 69.7 Å². The lowest BCUT2D eigenvalue weighted by Gasteiger charge is -2.36. The van der Waals surface area contributed by atoms with E-state index in [1.54, 1.807) is 6.92 Å². The third-order valence-corrected chi connectivity index (χ3v) is 7.39. The average molecular weight is 437 g/mol. The lowest BCUT2D eigenvalue weighted by molar-refractivity contribution is 0.144. The summed E-state index contributed by atoms with van der Waals surface area (Å²) in [7, 11) is 14.2. The molecule has 7 heteroatoms. The number of nitrogens with two attached hydrogens (primary N) is 1. The number of hydrogen-bond acceptors (Lipinski definition) is 4. The molecule has 0 aliphatic heterocycles. The van der Waals surface area contributed by atoms with Crippen molar-refractivity contribution >= 4 is 38.2 Å². The Morgan fingerprint density at radius 1 is 1.16 bits per heavy atom. The molecule has 0 saturated heterocycles. The monoisotopic (exact) mass is 436 g/mol. The van der Waals surface area contributed by atoms with Gasteiger partial charge in [-0.1, -0.05) is 23.1 Å². The summed E-state index contributed by atoms with van der Waals surface area (Å²) in [5.74, 6) is -0.101. The molecule has 0 aromatic heterocycles. The van der Waals surface area contributed by atoms with Gasteiger partial charge in [-0.15, -0.1) is 0 Å². The number of phenolic OH excluding ortho intramolecular Hbond substituents is 2. The molecule has 3 rings (SSSR count). The molecule has 1 aliphatic rings. The van der Waals surface area contributed by atoms with Crippen molar-refractivity contribution in [3.63, 3.8) is 0 Å². The summed E-state index contributed by atoms with van der Waals surface area (Å²) < 4.78 is 0. The van der Waals surface area contributed by atoms with Crippen LogP contribution in [0.1, 0.15) is 67.2 Å². The van der Waals surface area contributed by atoms with Crippen molar-refractivity contribution in [2.24, 2.45) is 5.73 Å². The van der Waals surface area contributed by atoms with Crippen LogP contribution in [0.4, 0.5) is 0 Å². The van der Waals surface area contributed by atoms with Gasteiger partial charge in [0.05, 0.1) is 0 Å². The number of benzene rings is 2. The number of halogens is 1. The Labute approximate surface area is 193 Å². The molecular formula is C24H31B2ClN2O2. The SMILES string of the molecule is [B]c1c(O)c([B])c([C@@H]2C[C@@H](CCC(C)(C)N(C)CCN)c3cc(Cl)ccc32)c(C)c1O. The largest absolute Gasteiger partial charge is 0.509 e. The normalized spacial score (nSPS) is 18.5. The summed E-state index contributed by atoms with van der Waals surface area (Å²) in [4.78, 5) is 2.30. The highest BCUT2D eigenvalue weighted by Crippen LogP contribution is 2.49. The average Bonchev–Trinajstić information content (AvgIpc) is 3.07. The van der Waals surface area contributed by atoms with Gasteiger partial charge in [0.2, 0.25) is 0 Å². The molecule has 2 atom stereocenters. The number of fused-ring (bicyclic) bond motifs is 1. The summed E-state index contributed by atoms with van der Waals surface area (Å²) in [5, 5.41) is 21.5. The van der Waals surface area contributed by atoms with Gasteiger partial charge in [-0.05, 0) is 92.8 Å². The number of phenols is 2. The Hall–Kier alpha value is -1.62. The van der Waals surface area contributed by atoms with Gasteiger partial charge in [-0.25, -0.2) is 0 Å². The maximum Gasteiger partial charge on any atom is 0.124 e. The predicted molar refractivity (Wildman–Crippen MR) is 131 cm³/mol. The number of nitrogens with zero attached hydrogens (tertiary/aromatic N) is 1. The second-order valence-corrected chi connectivity index (χ2v) is 9.82. The van der Waals surface area contributed by atoms with Crippen LogP contribution >= 0.6 is 11.6 Å². The molecule has 0 fully saturated rings. The molecular weight excluding hydrogens is 405 g/mol. The van der Waals surface area contributed by atoms with E-state index in [1.165, 1.54) is 5.56 Å². The first-order valence-corrected chi connectivity index (χ1v) is 11.2. The van der Waals surface area contributed by atoms with Crippen molar-refractivity contribution in [2.45, 2.75) is 57.4 Å². The third kappa shape index (κ3) is 4.48. The Bertz CT molecular complexity index is 952. The third-order valence-electron chi connectivity index (χ3n) is 7.15. The van der Waals surface area contributed by atoms with Crippen molar-refractivity contribution in [3.8, 4) is 11.5 Å². The van der Waals surface area contributed by atoms with Crippen molar-refractivity contribution in [3.05, 3.63) is 45.5 Å². The highest BCUT2D eigenvalue weighted by molar-refractivity contribution is 6.43. The maximum absolute atomic E-state index is 10.5. The van der Waals surface area contributed by atoms with Gasteiger partial charge >= 0.3 is 0 Å². The van der Waals surface area contributed by atoms with E-state index in [9.17, 15) is 10.2 Å². The van der Waals surface area contributed by atoms with Crippen LogP contribution in [0.3, 0.4) is 0 Å². The van der Waals surface area contributed by atoms with Gasteiger partial charge in [0.1, 0.15) is 27.2 Å². The maximum atomic E-state index is 10.5. The molecule has 31 heavy (non-hydrogen) atoms. The molecule has 4 radical (unpaired) electrons. The molecule has 0 amide bonds.